The van der Waals surface area contributed by atoms with Gasteiger partial charge in [-0.15, -0.1) is 0 Å². The van der Waals surface area contributed by atoms with Crippen molar-refractivity contribution in [2.24, 2.45) is 5.10 Å². The molecule has 0 aliphatic rings. The molecule has 23 heavy (non-hydrogen) atoms. The SMILES string of the molecule is COc1ccc(/C=N\NS(=O)(=O)c2ccc(Br)cc2)c(OC)c1. The zero-order valence-electron chi connectivity index (χ0n) is 12.5. The first kappa shape index (κ1) is 17.3. The van der Waals surface area contributed by atoms with E-state index in [2.05, 4.69) is 25.9 Å². The third-order valence-corrected chi connectivity index (χ3v) is 4.71. The number of sulfonamides is 1. The van der Waals surface area contributed by atoms with E-state index < -0.39 is 10.0 Å². The van der Waals surface area contributed by atoms with E-state index in [1.807, 2.05) is 0 Å². The van der Waals surface area contributed by atoms with Crippen LogP contribution in [0.25, 0.3) is 0 Å². The van der Waals surface area contributed by atoms with Crippen molar-refractivity contribution >= 4 is 32.2 Å². The van der Waals surface area contributed by atoms with Crippen molar-refractivity contribution in [3.63, 3.8) is 0 Å². The van der Waals surface area contributed by atoms with Crippen LogP contribution in [0.2, 0.25) is 0 Å². The van der Waals surface area contributed by atoms with Crippen LogP contribution < -0.4 is 14.3 Å². The average molecular weight is 399 g/mol. The Morgan fingerprint density at radius 2 is 1.78 bits per heavy atom. The normalized spacial score (nSPS) is 11.4. The predicted octanol–water partition coefficient (Wildman–Crippen LogP) is 2.78. The molecule has 2 rings (SSSR count). The Bertz CT molecular complexity index is 805. The zero-order valence-corrected chi connectivity index (χ0v) is 14.9. The van der Waals surface area contributed by atoms with E-state index in [0.717, 1.165) is 4.47 Å². The van der Waals surface area contributed by atoms with Crippen molar-refractivity contribution in [3.05, 3.63) is 52.5 Å². The topological polar surface area (TPSA) is 77.0 Å². The van der Waals surface area contributed by atoms with Gasteiger partial charge in [-0.25, -0.2) is 4.83 Å². The van der Waals surface area contributed by atoms with Gasteiger partial charge in [-0.05, 0) is 36.4 Å². The van der Waals surface area contributed by atoms with Crippen molar-refractivity contribution in [1.82, 2.24) is 4.83 Å². The predicted molar refractivity (Wildman–Crippen MR) is 91.6 cm³/mol. The van der Waals surface area contributed by atoms with Gasteiger partial charge < -0.3 is 9.47 Å². The lowest BCUT2D eigenvalue weighted by molar-refractivity contribution is 0.394. The maximum atomic E-state index is 12.1. The summed E-state index contributed by atoms with van der Waals surface area (Å²) in [5.41, 5.74) is 0.617. The lowest BCUT2D eigenvalue weighted by atomic mass is 10.2. The van der Waals surface area contributed by atoms with E-state index in [-0.39, 0.29) is 4.90 Å². The van der Waals surface area contributed by atoms with Crippen LogP contribution in [-0.4, -0.2) is 28.9 Å². The van der Waals surface area contributed by atoms with Gasteiger partial charge in [0, 0.05) is 16.1 Å². The molecule has 0 amide bonds. The van der Waals surface area contributed by atoms with Gasteiger partial charge in [0.1, 0.15) is 11.5 Å². The van der Waals surface area contributed by atoms with Gasteiger partial charge in [-0.3, -0.25) is 0 Å². The van der Waals surface area contributed by atoms with Crippen LogP contribution in [0.15, 0.2) is 56.9 Å². The summed E-state index contributed by atoms with van der Waals surface area (Å²) >= 11 is 3.25. The molecule has 6 nitrogen and oxygen atoms in total. The van der Waals surface area contributed by atoms with E-state index >= 15 is 0 Å². The summed E-state index contributed by atoms with van der Waals surface area (Å²) in [5, 5.41) is 3.78. The van der Waals surface area contributed by atoms with Gasteiger partial charge in [0.2, 0.25) is 0 Å². The van der Waals surface area contributed by atoms with E-state index in [1.54, 1.807) is 37.4 Å². The number of methoxy groups -OCH3 is 2. The Kier molecular flexibility index (Phi) is 5.62. The van der Waals surface area contributed by atoms with Gasteiger partial charge in [-0.1, -0.05) is 15.9 Å². The van der Waals surface area contributed by atoms with E-state index in [9.17, 15) is 8.42 Å². The van der Waals surface area contributed by atoms with E-state index in [0.29, 0.717) is 17.1 Å². The fraction of sp³-hybridized carbons (Fsp3) is 0.133. The molecule has 0 aliphatic heterocycles. The minimum Gasteiger partial charge on any atom is -0.497 e. The van der Waals surface area contributed by atoms with Gasteiger partial charge in [0.15, 0.2) is 0 Å². The average Bonchev–Trinajstić information content (AvgIpc) is 2.55. The molecule has 0 unspecified atom stereocenters. The molecule has 2 aromatic carbocycles. The Hall–Kier alpha value is -2.06. The highest BCUT2D eigenvalue weighted by Crippen LogP contribution is 2.23. The maximum Gasteiger partial charge on any atom is 0.276 e. The zero-order chi connectivity index (χ0) is 16.9. The molecule has 0 saturated carbocycles. The van der Waals surface area contributed by atoms with E-state index in [1.165, 1.54) is 25.5 Å². The summed E-state index contributed by atoms with van der Waals surface area (Å²) in [6.07, 6.45) is 1.37. The van der Waals surface area contributed by atoms with Gasteiger partial charge in [0.05, 0.1) is 25.3 Å². The Morgan fingerprint density at radius 1 is 1.09 bits per heavy atom. The molecule has 0 heterocycles. The highest BCUT2D eigenvalue weighted by atomic mass is 79.9. The third kappa shape index (κ3) is 4.46. The van der Waals surface area contributed by atoms with Crippen LogP contribution in [0, 0.1) is 0 Å². The van der Waals surface area contributed by atoms with Crippen molar-refractivity contribution in [2.45, 2.75) is 4.90 Å². The Morgan fingerprint density at radius 3 is 2.39 bits per heavy atom. The molecule has 8 heteroatoms. The van der Waals surface area contributed by atoms with Crippen LogP contribution in [0.4, 0.5) is 0 Å². The first-order valence-electron chi connectivity index (χ1n) is 6.49. The smallest absolute Gasteiger partial charge is 0.276 e. The highest BCUT2D eigenvalue weighted by molar-refractivity contribution is 9.10. The number of hydrogen-bond donors (Lipinski definition) is 1. The second kappa shape index (κ2) is 7.47. The van der Waals surface area contributed by atoms with E-state index in [4.69, 9.17) is 9.47 Å². The minimum absolute atomic E-state index is 0.125. The van der Waals surface area contributed by atoms with Crippen molar-refractivity contribution in [2.75, 3.05) is 14.2 Å². The summed E-state index contributed by atoms with van der Waals surface area (Å²) in [7, 11) is -0.651. The quantitative estimate of drug-likeness (QED) is 0.599. The summed E-state index contributed by atoms with van der Waals surface area (Å²) < 4.78 is 35.3. The molecule has 0 saturated heterocycles. The molecule has 1 N–H and O–H groups in total. The first-order valence-corrected chi connectivity index (χ1v) is 8.76. The standard InChI is InChI=1S/C15H15BrN2O4S/c1-21-13-6-3-11(15(9-13)22-2)10-17-18-23(19,20)14-7-4-12(16)5-8-14/h3-10,18H,1-2H3/b17-10-. The largest absolute Gasteiger partial charge is 0.497 e. The molecule has 0 spiro atoms. The molecule has 0 radical (unpaired) electrons. The second-order valence-corrected chi connectivity index (χ2v) is 6.99. The summed E-state index contributed by atoms with van der Waals surface area (Å²) in [6, 6.07) is 11.4. The van der Waals surface area contributed by atoms with Crippen LogP contribution in [-0.2, 0) is 10.0 Å². The fourth-order valence-corrected chi connectivity index (χ4v) is 2.81. The number of benzene rings is 2. The lowest BCUT2D eigenvalue weighted by Gasteiger charge is -2.07. The summed E-state index contributed by atoms with van der Waals surface area (Å²) in [6.45, 7) is 0. The molecular weight excluding hydrogens is 384 g/mol. The molecule has 0 aliphatic carbocycles. The molecular formula is C15H15BrN2O4S. The van der Waals surface area contributed by atoms with Gasteiger partial charge in [0.25, 0.3) is 10.0 Å². The Balaban J connectivity index is 2.16. The van der Waals surface area contributed by atoms with Crippen LogP contribution in [0.5, 0.6) is 11.5 Å². The number of ether oxygens (including phenoxy) is 2. The summed E-state index contributed by atoms with van der Waals surface area (Å²) in [5.74, 6) is 1.16. The molecule has 0 atom stereocenters. The van der Waals surface area contributed by atoms with Crippen LogP contribution in [0.1, 0.15) is 5.56 Å². The Labute approximate surface area is 143 Å². The third-order valence-electron chi connectivity index (χ3n) is 2.94. The number of nitrogens with one attached hydrogen (secondary N) is 1. The number of hydrogen-bond acceptors (Lipinski definition) is 5. The maximum absolute atomic E-state index is 12.1. The molecule has 0 bridgehead atoms. The molecule has 2 aromatic rings. The van der Waals surface area contributed by atoms with Crippen LogP contribution in [0.3, 0.4) is 0 Å². The fourth-order valence-electron chi connectivity index (χ4n) is 1.76. The monoisotopic (exact) mass is 398 g/mol. The van der Waals surface area contributed by atoms with Gasteiger partial charge in [-0.2, -0.15) is 13.5 Å². The first-order chi connectivity index (χ1) is 11.0. The van der Waals surface area contributed by atoms with Crippen molar-refractivity contribution < 1.29 is 17.9 Å². The van der Waals surface area contributed by atoms with Crippen LogP contribution >= 0.6 is 15.9 Å². The minimum atomic E-state index is -3.71. The van der Waals surface area contributed by atoms with Crippen molar-refractivity contribution in [3.8, 4) is 11.5 Å². The second-order valence-electron chi connectivity index (χ2n) is 4.41. The number of halogens is 1. The molecule has 0 aromatic heterocycles. The number of hydrazone groups is 1. The number of rotatable bonds is 6. The van der Waals surface area contributed by atoms with Crippen molar-refractivity contribution in [1.29, 1.82) is 0 Å². The van der Waals surface area contributed by atoms with Gasteiger partial charge >= 0.3 is 0 Å². The highest BCUT2D eigenvalue weighted by Gasteiger charge is 2.12. The molecule has 122 valence electrons. The number of nitrogens with zero attached hydrogens (tertiary/aromatic N) is 1. The summed E-state index contributed by atoms with van der Waals surface area (Å²) in [4.78, 5) is 2.29. The molecule has 0 fully saturated rings. The lowest BCUT2D eigenvalue weighted by Crippen LogP contribution is -2.18.